The first kappa shape index (κ1) is 12.2. The molecule has 0 bridgehead atoms. The highest BCUT2D eigenvalue weighted by atomic mass is 16.4. The van der Waals surface area contributed by atoms with Crippen LogP contribution in [0, 0.1) is 13.8 Å². The number of nitrogens with zero attached hydrogens (tertiary/aromatic N) is 1. The number of carbonyl (C=O) groups is 1. The molecule has 3 nitrogen and oxygen atoms in total. The van der Waals surface area contributed by atoms with Crippen LogP contribution < -0.4 is 4.90 Å². The summed E-state index contributed by atoms with van der Waals surface area (Å²) in [6.07, 6.45) is -0.984. The molecule has 0 unspecified atom stereocenters. The molecule has 1 N–H and O–H groups in total. The van der Waals surface area contributed by atoms with Gasteiger partial charge in [-0.3, -0.25) is 0 Å². The largest absolute Gasteiger partial charge is 0.464 e. The number of hydrogen-bond acceptors (Lipinski definition) is 1. The molecule has 18 heavy (non-hydrogen) atoms. The summed E-state index contributed by atoms with van der Waals surface area (Å²) in [5.41, 5.74) is 3.51. The van der Waals surface area contributed by atoms with Crippen LogP contribution in [-0.4, -0.2) is 11.2 Å². The van der Waals surface area contributed by atoms with Crippen molar-refractivity contribution in [2.24, 2.45) is 0 Å². The second kappa shape index (κ2) is 4.92. The van der Waals surface area contributed by atoms with Gasteiger partial charge in [0.1, 0.15) is 0 Å². The Morgan fingerprint density at radius 2 is 1.17 bits per heavy atom. The monoisotopic (exact) mass is 241 g/mol. The zero-order chi connectivity index (χ0) is 13.1. The fourth-order valence-corrected chi connectivity index (χ4v) is 1.76. The van der Waals surface area contributed by atoms with Crippen LogP contribution in [0.5, 0.6) is 0 Å². The van der Waals surface area contributed by atoms with Crippen LogP contribution >= 0.6 is 0 Å². The van der Waals surface area contributed by atoms with Crippen molar-refractivity contribution in [3.8, 4) is 0 Å². The summed E-state index contributed by atoms with van der Waals surface area (Å²) in [6, 6.07) is 14.8. The van der Waals surface area contributed by atoms with E-state index in [0.29, 0.717) is 11.4 Å². The maximum Gasteiger partial charge on any atom is 0.416 e. The normalized spacial score (nSPS) is 10.1. The van der Waals surface area contributed by atoms with Gasteiger partial charge >= 0.3 is 6.09 Å². The molecular formula is C15H15NO2. The summed E-state index contributed by atoms with van der Waals surface area (Å²) in [4.78, 5) is 12.7. The van der Waals surface area contributed by atoms with E-state index < -0.39 is 6.09 Å². The Labute approximate surface area is 106 Å². The molecule has 0 aliphatic carbocycles. The van der Waals surface area contributed by atoms with E-state index in [9.17, 15) is 9.90 Å². The highest BCUT2D eigenvalue weighted by molar-refractivity contribution is 5.94. The van der Waals surface area contributed by atoms with Gasteiger partial charge in [-0.25, -0.2) is 9.69 Å². The van der Waals surface area contributed by atoms with Crippen LogP contribution in [-0.2, 0) is 0 Å². The predicted molar refractivity (Wildman–Crippen MR) is 72.5 cm³/mol. The zero-order valence-corrected chi connectivity index (χ0v) is 10.4. The lowest BCUT2D eigenvalue weighted by molar-refractivity contribution is 0.205. The smallest absolute Gasteiger partial charge is 0.416 e. The van der Waals surface area contributed by atoms with Crippen molar-refractivity contribution < 1.29 is 9.90 Å². The Morgan fingerprint density at radius 3 is 1.44 bits per heavy atom. The summed E-state index contributed by atoms with van der Waals surface area (Å²) in [5.74, 6) is 0. The molecule has 92 valence electrons. The topological polar surface area (TPSA) is 40.5 Å². The third-order valence-electron chi connectivity index (χ3n) is 2.78. The van der Waals surface area contributed by atoms with E-state index in [1.165, 1.54) is 4.90 Å². The van der Waals surface area contributed by atoms with Gasteiger partial charge in [0.15, 0.2) is 0 Å². The number of aryl methyl sites for hydroxylation is 2. The van der Waals surface area contributed by atoms with Gasteiger partial charge in [-0.05, 0) is 38.1 Å². The molecular weight excluding hydrogens is 226 g/mol. The number of hydrogen-bond donors (Lipinski definition) is 1. The van der Waals surface area contributed by atoms with Crippen LogP contribution in [0.3, 0.4) is 0 Å². The molecule has 0 aliphatic heterocycles. The molecule has 3 heteroatoms. The van der Waals surface area contributed by atoms with Crippen molar-refractivity contribution >= 4 is 17.5 Å². The zero-order valence-electron chi connectivity index (χ0n) is 10.4. The first-order valence-corrected chi connectivity index (χ1v) is 5.74. The molecule has 2 aromatic rings. The van der Waals surface area contributed by atoms with Crippen molar-refractivity contribution in [1.29, 1.82) is 0 Å². The van der Waals surface area contributed by atoms with Gasteiger partial charge in [0.25, 0.3) is 0 Å². The molecule has 0 atom stereocenters. The quantitative estimate of drug-likeness (QED) is 0.859. The lowest BCUT2D eigenvalue weighted by Gasteiger charge is -2.19. The van der Waals surface area contributed by atoms with Gasteiger partial charge < -0.3 is 5.11 Å². The number of carboxylic acid groups (broad SMARTS) is 1. The Morgan fingerprint density at radius 1 is 0.833 bits per heavy atom. The van der Waals surface area contributed by atoms with Gasteiger partial charge in [0.2, 0.25) is 0 Å². The minimum atomic E-state index is -0.984. The van der Waals surface area contributed by atoms with Crippen LogP contribution in [0.2, 0.25) is 0 Å². The Hall–Kier alpha value is -2.29. The maximum atomic E-state index is 11.4. The van der Waals surface area contributed by atoms with Crippen LogP contribution in [0.15, 0.2) is 48.5 Å². The van der Waals surface area contributed by atoms with Crippen molar-refractivity contribution in [3.63, 3.8) is 0 Å². The first-order chi connectivity index (χ1) is 8.58. The molecule has 0 aliphatic rings. The average Bonchev–Trinajstić information content (AvgIpc) is 2.34. The van der Waals surface area contributed by atoms with Crippen molar-refractivity contribution in [2.45, 2.75) is 13.8 Å². The molecule has 0 aromatic heterocycles. The van der Waals surface area contributed by atoms with E-state index in [0.717, 1.165) is 11.1 Å². The maximum absolute atomic E-state index is 11.4. The summed E-state index contributed by atoms with van der Waals surface area (Å²) in [6.45, 7) is 3.95. The standard InChI is InChI=1S/C15H15NO2/c1-11-3-7-13(8-4-11)16(15(17)18)14-9-5-12(2)6-10-14/h3-10H,1-2H3,(H,17,18). The molecule has 2 aromatic carbocycles. The number of benzene rings is 2. The van der Waals surface area contributed by atoms with Gasteiger partial charge in [0.05, 0.1) is 11.4 Å². The molecule has 2 rings (SSSR count). The van der Waals surface area contributed by atoms with Gasteiger partial charge in [-0.1, -0.05) is 35.4 Å². The summed E-state index contributed by atoms with van der Waals surface area (Å²) in [5, 5.41) is 9.34. The second-order valence-electron chi connectivity index (χ2n) is 4.29. The molecule has 0 saturated carbocycles. The Kier molecular flexibility index (Phi) is 3.33. The van der Waals surface area contributed by atoms with Crippen LogP contribution in [0.25, 0.3) is 0 Å². The lowest BCUT2D eigenvalue weighted by Crippen LogP contribution is -2.23. The Balaban J connectivity index is 2.43. The summed E-state index contributed by atoms with van der Waals surface area (Å²) < 4.78 is 0. The number of anilines is 2. The fourth-order valence-electron chi connectivity index (χ4n) is 1.76. The predicted octanol–water partition coefficient (Wildman–Crippen LogP) is 4.12. The number of rotatable bonds is 2. The molecule has 1 amide bonds. The second-order valence-corrected chi connectivity index (χ2v) is 4.29. The van der Waals surface area contributed by atoms with E-state index in [1.807, 2.05) is 62.4 Å². The molecule has 0 heterocycles. The lowest BCUT2D eigenvalue weighted by atomic mass is 10.2. The van der Waals surface area contributed by atoms with Crippen molar-refractivity contribution in [1.82, 2.24) is 0 Å². The van der Waals surface area contributed by atoms with Crippen LogP contribution in [0.4, 0.5) is 16.2 Å². The Bertz CT molecular complexity index is 498. The summed E-state index contributed by atoms with van der Waals surface area (Å²) >= 11 is 0. The fraction of sp³-hybridized carbons (Fsp3) is 0.133. The van der Waals surface area contributed by atoms with E-state index >= 15 is 0 Å². The third kappa shape index (κ3) is 2.51. The van der Waals surface area contributed by atoms with Gasteiger partial charge in [-0.15, -0.1) is 0 Å². The number of amides is 1. The van der Waals surface area contributed by atoms with E-state index in [4.69, 9.17) is 0 Å². The highest BCUT2D eigenvalue weighted by Gasteiger charge is 2.16. The average molecular weight is 241 g/mol. The first-order valence-electron chi connectivity index (χ1n) is 5.74. The van der Waals surface area contributed by atoms with Gasteiger partial charge in [0, 0.05) is 0 Å². The van der Waals surface area contributed by atoms with E-state index in [-0.39, 0.29) is 0 Å². The minimum absolute atomic E-state index is 0.650. The van der Waals surface area contributed by atoms with Crippen molar-refractivity contribution in [3.05, 3.63) is 59.7 Å². The molecule has 0 saturated heterocycles. The minimum Gasteiger partial charge on any atom is -0.464 e. The summed E-state index contributed by atoms with van der Waals surface area (Å²) in [7, 11) is 0. The van der Waals surface area contributed by atoms with Crippen LogP contribution in [0.1, 0.15) is 11.1 Å². The SMILES string of the molecule is Cc1ccc(N(C(=O)O)c2ccc(C)cc2)cc1. The van der Waals surface area contributed by atoms with E-state index in [1.54, 1.807) is 0 Å². The highest BCUT2D eigenvalue weighted by Crippen LogP contribution is 2.26. The molecule has 0 radical (unpaired) electrons. The third-order valence-corrected chi connectivity index (χ3v) is 2.78. The molecule has 0 spiro atoms. The van der Waals surface area contributed by atoms with E-state index in [2.05, 4.69) is 0 Å². The molecule has 0 fully saturated rings. The van der Waals surface area contributed by atoms with Gasteiger partial charge in [-0.2, -0.15) is 0 Å². The van der Waals surface area contributed by atoms with Crippen molar-refractivity contribution in [2.75, 3.05) is 4.90 Å².